The van der Waals surface area contributed by atoms with Crippen LogP contribution in [0.15, 0.2) is 36.5 Å². The molecule has 19 heavy (non-hydrogen) atoms. The Kier molecular flexibility index (Phi) is 4.97. The second-order valence-electron chi connectivity index (χ2n) is 4.84. The van der Waals surface area contributed by atoms with Crippen LogP contribution in [0.5, 0.6) is 0 Å². The van der Waals surface area contributed by atoms with E-state index in [1.54, 1.807) is 18.3 Å². The molecule has 1 unspecified atom stereocenters. The van der Waals surface area contributed by atoms with Gasteiger partial charge >= 0.3 is 0 Å². The van der Waals surface area contributed by atoms with E-state index in [1.165, 1.54) is 11.8 Å². The summed E-state index contributed by atoms with van der Waals surface area (Å²) in [5.41, 5.74) is 2.21. The zero-order valence-corrected chi connectivity index (χ0v) is 11.8. The lowest BCUT2D eigenvalue weighted by Gasteiger charge is -2.14. The van der Waals surface area contributed by atoms with E-state index in [0.29, 0.717) is 11.8 Å². The molecule has 0 aliphatic rings. The first kappa shape index (κ1) is 14.1. The number of aryl methyl sites for hydroxylation is 2. The van der Waals surface area contributed by atoms with Crippen molar-refractivity contribution >= 4 is 11.6 Å². The highest BCUT2D eigenvalue weighted by atomic mass is 35.5. The van der Waals surface area contributed by atoms with Gasteiger partial charge in [0.2, 0.25) is 0 Å². The minimum absolute atomic E-state index is 0.183. The van der Waals surface area contributed by atoms with Gasteiger partial charge in [-0.3, -0.25) is 4.68 Å². The Morgan fingerprint density at radius 1 is 1.37 bits per heavy atom. The summed E-state index contributed by atoms with van der Waals surface area (Å²) in [7, 11) is 1.94. The molecule has 4 heteroatoms. The third-order valence-corrected chi connectivity index (χ3v) is 3.80. The molecule has 0 spiro atoms. The molecule has 2 rings (SSSR count). The molecule has 0 amide bonds. The summed E-state index contributed by atoms with van der Waals surface area (Å²) >= 11 is 6.02. The fourth-order valence-corrected chi connectivity index (χ4v) is 2.49. The lowest BCUT2D eigenvalue weighted by atomic mass is 9.95. The van der Waals surface area contributed by atoms with Crippen LogP contribution in [0.1, 0.15) is 17.7 Å². The highest BCUT2D eigenvalue weighted by Gasteiger charge is 2.10. The first-order chi connectivity index (χ1) is 9.19. The van der Waals surface area contributed by atoms with Gasteiger partial charge in [-0.05, 0) is 48.9 Å². The van der Waals surface area contributed by atoms with Crippen molar-refractivity contribution in [1.82, 2.24) is 9.78 Å². The molecule has 0 bridgehead atoms. The standard InChI is InChI=1S/C15H18ClFN2/c1-19-15(7-8-18-19)6-5-13(11-16)9-12-3-2-4-14(17)10-12/h2-4,7-8,10,13H,5-6,9,11H2,1H3. The summed E-state index contributed by atoms with van der Waals surface area (Å²) < 4.78 is 15.0. The Bertz CT molecular complexity index is 524. The van der Waals surface area contributed by atoms with Crippen LogP contribution < -0.4 is 0 Å². The molecule has 0 aliphatic carbocycles. The van der Waals surface area contributed by atoms with E-state index in [2.05, 4.69) is 5.10 Å². The van der Waals surface area contributed by atoms with Crippen molar-refractivity contribution in [3.05, 3.63) is 53.6 Å². The second-order valence-corrected chi connectivity index (χ2v) is 5.15. The van der Waals surface area contributed by atoms with Crippen LogP contribution >= 0.6 is 11.6 Å². The Hall–Kier alpha value is -1.35. The van der Waals surface area contributed by atoms with Gasteiger partial charge in [0.25, 0.3) is 0 Å². The van der Waals surface area contributed by atoms with Crippen molar-refractivity contribution in [3.63, 3.8) is 0 Å². The number of hydrogen-bond acceptors (Lipinski definition) is 1. The van der Waals surface area contributed by atoms with Gasteiger partial charge < -0.3 is 0 Å². The quantitative estimate of drug-likeness (QED) is 0.740. The molecule has 0 saturated heterocycles. The van der Waals surface area contributed by atoms with Gasteiger partial charge in [0.1, 0.15) is 5.82 Å². The average Bonchev–Trinajstić information content (AvgIpc) is 2.80. The minimum atomic E-state index is -0.183. The first-order valence-corrected chi connectivity index (χ1v) is 7.00. The van der Waals surface area contributed by atoms with Gasteiger partial charge in [0.15, 0.2) is 0 Å². The largest absolute Gasteiger partial charge is 0.273 e. The fraction of sp³-hybridized carbons (Fsp3) is 0.400. The van der Waals surface area contributed by atoms with E-state index in [9.17, 15) is 4.39 Å². The van der Waals surface area contributed by atoms with Gasteiger partial charge in [-0.15, -0.1) is 11.6 Å². The van der Waals surface area contributed by atoms with Crippen LogP contribution in [0.2, 0.25) is 0 Å². The number of hydrogen-bond donors (Lipinski definition) is 0. The third-order valence-electron chi connectivity index (χ3n) is 3.36. The van der Waals surface area contributed by atoms with Crippen LogP contribution in [0.3, 0.4) is 0 Å². The van der Waals surface area contributed by atoms with Crippen molar-refractivity contribution in [1.29, 1.82) is 0 Å². The fourth-order valence-electron chi connectivity index (χ4n) is 2.23. The molecule has 0 saturated carbocycles. The van der Waals surface area contributed by atoms with E-state index in [0.717, 1.165) is 24.8 Å². The summed E-state index contributed by atoms with van der Waals surface area (Å²) in [5, 5.41) is 4.15. The van der Waals surface area contributed by atoms with Crippen molar-refractivity contribution < 1.29 is 4.39 Å². The summed E-state index contributed by atoms with van der Waals surface area (Å²) in [6.45, 7) is 0. The maximum absolute atomic E-state index is 13.1. The van der Waals surface area contributed by atoms with Crippen molar-refractivity contribution in [3.8, 4) is 0 Å². The minimum Gasteiger partial charge on any atom is -0.273 e. The second kappa shape index (κ2) is 6.71. The van der Waals surface area contributed by atoms with E-state index in [1.807, 2.05) is 23.9 Å². The summed E-state index contributed by atoms with van der Waals surface area (Å²) in [5.74, 6) is 0.768. The van der Waals surface area contributed by atoms with Crippen molar-refractivity contribution in [2.45, 2.75) is 19.3 Å². The molecule has 1 heterocycles. The SMILES string of the molecule is Cn1nccc1CCC(CCl)Cc1cccc(F)c1. The van der Waals surface area contributed by atoms with Crippen LogP contribution in [0.25, 0.3) is 0 Å². The lowest BCUT2D eigenvalue weighted by molar-refractivity contribution is 0.520. The van der Waals surface area contributed by atoms with Gasteiger partial charge in [-0.25, -0.2) is 4.39 Å². The van der Waals surface area contributed by atoms with Crippen molar-refractivity contribution in [2.24, 2.45) is 13.0 Å². The molecule has 1 aromatic heterocycles. The zero-order chi connectivity index (χ0) is 13.7. The summed E-state index contributed by atoms with van der Waals surface area (Å²) in [6.07, 6.45) is 4.56. The molecule has 0 radical (unpaired) electrons. The van der Waals surface area contributed by atoms with Gasteiger partial charge in [0, 0.05) is 24.8 Å². The van der Waals surface area contributed by atoms with Crippen LogP contribution in [-0.2, 0) is 19.9 Å². The number of halogens is 2. The molecule has 2 aromatic rings. The van der Waals surface area contributed by atoms with Crippen molar-refractivity contribution in [2.75, 3.05) is 5.88 Å². The number of nitrogens with zero attached hydrogens (tertiary/aromatic N) is 2. The highest BCUT2D eigenvalue weighted by molar-refractivity contribution is 6.18. The molecule has 0 aliphatic heterocycles. The predicted molar refractivity (Wildman–Crippen MR) is 75.8 cm³/mol. The molecule has 1 aromatic carbocycles. The number of aromatic nitrogens is 2. The molecule has 1 atom stereocenters. The molecular weight excluding hydrogens is 263 g/mol. The Morgan fingerprint density at radius 2 is 2.21 bits per heavy atom. The molecule has 2 nitrogen and oxygen atoms in total. The lowest BCUT2D eigenvalue weighted by Crippen LogP contribution is -2.09. The molecule has 0 fully saturated rings. The summed E-state index contributed by atoms with van der Waals surface area (Å²) in [6, 6.07) is 8.77. The maximum atomic E-state index is 13.1. The van der Waals surface area contributed by atoms with E-state index in [4.69, 9.17) is 11.6 Å². The smallest absolute Gasteiger partial charge is 0.123 e. The number of alkyl halides is 1. The Morgan fingerprint density at radius 3 is 2.84 bits per heavy atom. The summed E-state index contributed by atoms with van der Waals surface area (Å²) in [4.78, 5) is 0. The van der Waals surface area contributed by atoms with Crippen LogP contribution in [0.4, 0.5) is 4.39 Å². The average molecular weight is 281 g/mol. The monoisotopic (exact) mass is 280 g/mol. The first-order valence-electron chi connectivity index (χ1n) is 6.46. The van der Waals surface area contributed by atoms with E-state index in [-0.39, 0.29) is 5.82 Å². The van der Waals surface area contributed by atoms with E-state index < -0.39 is 0 Å². The van der Waals surface area contributed by atoms with Gasteiger partial charge in [-0.1, -0.05) is 12.1 Å². The number of rotatable bonds is 6. The normalized spacial score (nSPS) is 12.6. The van der Waals surface area contributed by atoms with Crippen LogP contribution in [-0.4, -0.2) is 15.7 Å². The van der Waals surface area contributed by atoms with Gasteiger partial charge in [-0.2, -0.15) is 5.10 Å². The maximum Gasteiger partial charge on any atom is 0.123 e. The predicted octanol–water partition coefficient (Wildman–Crippen LogP) is 3.59. The molecule has 102 valence electrons. The molecule has 0 N–H and O–H groups in total. The van der Waals surface area contributed by atoms with E-state index >= 15 is 0 Å². The Balaban J connectivity index is 1.92. The number of benzene rings is 1. The highest BCUT2D eigenvalue weighted by Crippen LogP contribution is 2.17. The van der Waals surface area contributed by atoms with Gasteiger partial charge in [0.05, 0.1) is 0 Å². The van der Waals surface area contributed by atoms with Crippen LogP contribution in [0, 0.1) is 11.7 Å². The topological polar surface area (TPSA) is 17.8 Å². The third kappa shape index (κ3) is 4.06. The molecular formula is C15H18ClFN2. The zero-order valence-electron chi connectivity index (χ0n) is 11.0. The Labute approximate surface area is 118 Å².